The van der Waals surface area contributed by atoms with Gasteiger partial charge >= 0.3 is 0 Å². The molecule has 2 rings (SSSR count). The first kappa shape index (κ1) is 21.2. The molecule has 3 nitrogen and oxygen atoms in total. The molecule has 0 aliphatic rings. The molecule has 0 unspecified atom stereocenters. The van der Waals surface area contributed by atoms with Gasteiger partial charge in [0.2, 0.25) is 0 Å². The molecule has 0 bridgehead atoms. The molecular formula is C25H28O3. The Bertz CT molecular complexity index is 863. The van der Waals surface area contributed by atoms with Gasteiger partial charge in [-0.25, -0.2) is 0 Å². The third kappa shape index (κ3) is 7.28. The number of hydrogen-bond acceptors (Lipinski definition) is 3. The molecule has 2 aromatic rings. The van der Waals surface area contributed by atoms with Crippen LogP contribution in [0.15, 0.2) is 77.9 Å². The molecule has 0 N–H and O–H groups in total. The second-order valence-electron chi connectivity index (χ2n) is 6.94. The zero-order valence-corrected chi connectivity index (χ0v) is 17.1. The predicted molar refractivity (Wildman–Crippen MR) is 116 cm³/mol. The number of ketones is 1. The van der Waals surface area contributed by atoms with Crippen molar-refractivity contribution >= 4 is 11.9 Å². The monoisotopic (exact) mass is 376 g/mol. The number of hydrogen-bond donors (Lipinski definition) is 0. The summed E-state index contributed by atoms with van der Waals surface area (Å²) in [6, 6.07) is 14.9. The minimum Gasteiger partial charge on any atom is -0.490 e. The molecule has 0 aliphatic carbocycles. The molecule has 0 radical (unpaired) electrons. The zero-order chi connectivity index (χ0) is 20.4. The fourth-order valence-corrected chi connectivity index (χ4v) is 2.33. The molecule has 28 heavy (non-hydrogen) atoms. The predicted octanol–water partition coefficient (Wildman–Crippen LogP) is 6.27. The second kappa shape index (κ2) is 10.9. The Morgan fingerprint density at radius 1 is 0.821 bits per heavy atom. The molecule has 0 amide bonds. The van der Waals surface area contributed by atoms with E-state index in [1.165, 1.54) is 11.1 Å². The van der Waals surface area contributed by atoms with Gasteiger partial charge in [0, 0.05) is 11.1 Å². The Balaban J connectivity index is 2.01. The van der Waals surface area contributed by atoms with Crippen LogP contribution in [0, 0.1) is 0 Å². The summed E-state index contributed by atoms with van der Waals surface area (Å²) in [6.07, 6.45) is 7.40. The van der Waals surface area contributed by atoms with Crippen molar-refractivity contribution in [3.8, 4) is 11.5 Å². The minimum absolute atomic E-state index is 0.0602. The topological polar surface area (TPSA) is 35.5 Å². The van der Waals surface area contributed by atoms with Gasteiger partial charge in [0.25, 0.3) is 0 Å². The van der Waals surface area contributed by atoms with Crippen molar-refractivity contribution in [2.24, 2.45) is 0 Å². The second-order valence-corrected chi connectivity index (χ2v) is 6.94. The first-order valence-electron chi connectivity index (χ1n) is 9.39. The number of allylic oxidation sites excluding steroid dienone is 3. The molecule has 0 spiro atoms. The van der Waals surface area contributed by atoms with Crippen LogP contribution in [0.4, 0.5) is 0 Å². The lowest BCUT2D eigenvalue weighted by Gasteiger charge is -2.07. The molecule has 146 valence electrons. The van der Waals surface area contributed by atoms with Gasteiger partial charge in [-0.3, -0.25) is 4.79 Å². The molecule has 3 heteroatoms. The minimum atomic E-state index is -0.0602. The largest absolute Gasteiger partial charge is 0.490 e. The molecule has 0 aliphatic heterocycles. The van der Waals surface area contributed by atoms with Gasteiger partial charge in [-0.15, -0.1) is 0 Å². The van der Waals surface area contributed by atoms with Crippen LogP contribution in [-0.4, -0.2) is 19.0 Å². The number of para-hydroxylation sites is 1. The van der Waals surface area contributed by atoms with Crippen molar-refractivity contribution in [3.05, 3.63) is 89.0 Å². The summed E-state index contributed by atoms with van der Waals surface area (Å²) < 4.78 is 11.4. The average molecular weight is 376 g/mol. The maximum atomic E-state index is 12.5. The molecule has 0 saturated heterocycles. The number of benzene rings is 2. The highest BCUT2D eigenvalue weighted by Gasteiger charge is 2.04. The maximum absolute atomic E-state index is 12.5. The standard InChI is InChI=1S/C25H28O3/c1-19(2)15-17-27-23-12-9-21(10-13-23)24(26)14-11-22-7-5-6-8-25(22)28-18-16-20(3)4/h5-16H,17-18H2,1-4H3/b14-11+. The lowest BCUT2D eigenvalue weighted by atomic mass is 10.1. The van der Waals surface area contributed by atoms with Crippen LogP contribution in [0.25, 0.3) is 6.08 Å². The Morgan fingerprint density at radius 2 is 1.43 bits per heavy atom. The lowest BCUT2D eigenvalue weighted by Crippen LogP contribution is -1.98. The van der Waals surface area contributed by atoms with Gasteiger partial charge in [0.05, 0.1) is 0 Å². The van der Waals surface area contributed by atoms with Crippen molar-refractivity contribution < 1.29 is 14.3 Å². The average Bonchev–Trinajstić information content (AvgIpc) is 2.67. The third-order valence-corrected chi connectivity index (χ3v) is 3.94. The van der Waals surface area contributed by atoms with E-state index in [0.717, 1.165) is 17.1 Å². The van der Waals surface area contributed by atoms with Crippen LogP contribution in [0.5, 0.6) is 11.5 Å². The van der Waals surface area contributed by atoms with Crippen LogP contribution >= 0.6 is 0 Å². The SMILES string of the molecule is CC(C)=CCOc1ccc(C(=O)/C=C/c2ccccc2OCC=C(C)C)cc1. The van der Waals surface area contributed by atoms with Crippen LogP contribution < -0.4 is 9.47 Å². The summed E-state index contributed by atoms with van der Waals surface area (Å²) in [6.45, 7) is 9.16. The molecule has 0 fully saturated rings. The van der Waals surface area contributed by atoms with E-state index < -0.39 is 0 Å². The Hall–Kier alpha value is -3.07. The summed E-state index contributed by atoms with van der Waals surface area (Å²) in [4.78, 5) is 12.5. The van der Waals surface area contributed by atoms with Gasteiger partial charge in [-0.2, -0.15) is 0 Å². The molecule has 0 aromatic heterocycles. The summed E-state index contributed by atoms with van der Waals surface area (Å²) >= 11 is 0. The highest BCUT2D eigenvalue weighted by Crippen LogP contribution is 2.20. The van der Waals surface area contributed by atoms with Crippen molar-refractivity contribution in [2.45, 2.75) is 27.7 Å². The van der Waals surface area contributed by atoms with E-state index in [2.05, 4.69) is 0 Å². The first-order chi connectivity index (χ1) is 13.5. The molecule has 0 atom stereocenters. The van der Waals surface area contributed by atoms with Gasteiger partial charge in [-0.1, -0.05) is 29.3 Å². The van der Waals surface area contributed by atoms with Gasteiger partial charge < -0.3 is 9.47 Å². The van der Waals surface area contributed by atoms with Gasteiger partial charge in [0.15, 0.2) is 5.78 Å². The molecule has 2 aromatic carbocycles. The third-order valence-electron chi connectivity index (χ3n) is 3.94. The summed E-state index contributed by atoms with van der Waals surface area (Å²) in [5.41, 5.74) is 3.91. The van der Waals surface area contributed by atoms with E-state index in [-0.39, 0.29) is 5.78 Å². The van der Waals surface area contributed by atoms with Gasteiger partial charge in [-0.05, 0) is 82.3 Å². The number of carbonyl (C=O) groups is 1. The van der Waals surface area contributed by atoms with Gasteiger partial charge in [0.1, 0.15) is 24.7 Å². The van der Waals surface area contributed by atoms with Crippen molar-refractivity contribution in [1.82, 2.24) is 0 Å². The normalized spacial score (nSPS) is 10.4. The fourth-order valence-electron chi connectivity index (χ4n) is 2.33. The van der Waals surface area contributed by atoms with E-state index in [0.29, 0.717) is 18.8 Å². The Morgan fingerprint density at radius 3 is 2.07 bits per heavy atom. The summed E-state index contributed by atoms with van der Waals surface area (Å²) in [5.74, 6) is 1.44. The van der Waals surface area contributed by atoms with E-state index in [4.69, 9.17) is 9.47 Å². The summed E-state index contributed by atoms with van der Waals surface area (Å²) in [7, 11) is 0. The molecule has 0 saturated carbocycles. The van der Waals surface area contributed by atoms with Crippen LogP contribution in [-0.2, 0) is 0 Å². The molecular weight excluding hydrogens is 348 g/mol. The van der Waals surface area contributed by atoms with Crippen LogP contribution in [0.1, 0.15) is 43.6 Å². The summed E-state index contributed by atoms with van der Waals surface area (Å²) in [5, 5.41) is 0. The highest BCUT2D eigenvalue weighted by molar-refractivity contribution is 6.07. The number of ether oxygens (including phenoxy) is 2. The lowest BCUT2D eigenvalue weighted by molar-refractivity contribution is 0.104. The van der Waals surface area contributed by atoms with E-state index in [9.17, 15) is 4.79 Å². The van der Waals surface area contributed by atoms with Crippen LogP contribution in [0.3, 0.4) is 0 Å². The fraction of sp³-hybridized carbons (Fsp3) is 0.240. The van der Waals surface area contributed by atoms with Crippen molar-refractivity contribution in [1.29, 1.82) is 0 Å². The van der Waals surface area contributed by atoms with E-state index >= 15 is 0 Å². The molecule has 0 heterocycles. The quantitative estimate of drug-likeness (QED) is 0.294. The van der Waals surface area contributed by atoms with Crippen LogP contribution in [0.2, 0.25) is 0 Å². The van der Waals surface area contributed by atoms with Crippen molar-refractivity contribution in [2.75, 3.05) is 13.2 Å². The maximum Gasteiger partial charge on any atom is 0.185 e. The number of carbonyl (C=O) groups excluding carboxylic acids is 1. The Labute approximate surface area is 168 Å². The first-order valence-corrected chi connectivity index (χ1v) is 9.39. The van der Waals surface area contributed by atoms with E-state index in [1.807, 2.05) is 76.2 Å². The van der Waals surface area contributed by atoms with Crippen molar-refractivity contribution in [3.63, 3.8) is 0 Å². The number of rotatable bonds is 9. The highest BCUT2D eigenvalue weighted by atomic mass is 16.5. The zero-order valence-electron chi connectivity index (χ0n) is 17.1. The van der Waals surface area contributed by atoms with E-state index in [1.54, 1.807) is 24.3 Å². The Kier molecular flexibility index (Phi) is 8.29. The smallest absolute Gasteiger partial charge is 0.185 e.